The lowest BCUT2D eigenvalue weighted by Gasteiger charge is -2.46. The number of rotatable bonds is 10. The average molecular weight is 747 g/mol. The van der Waals surface area contributed by atoms with E-state index in [1.54, 1.807) is 0 Å². The molecule has 288 valence electrons. The van der Waals surface area contributed by atoms with E-state index in [2.05, 4.69) is 123 Å². The van der Waals surface area contributed by atoms with Gasteiger partial charge in [-0.15, -0.1) is 0 Å². The SMILES string of the molecule is CC(C)(C)OC(=O)C1CCCN1C[C@@H]1CC2C(CN1C(=O)C(c1ccccc1)c1ccccc1)NCN2Cc1cc(-c2ccccc2)cc(-c2ccccc2)c1. The van der Waals surface area contributed by atoms with Crippen molar-refractivity contribution in [3.8, 4) is 22.3 Å². The zero-order valence-electron chi connectivity index (χ0n) is 32.9. The first-order valence-electron chi connectivity index (χ1n) is 20.3. The Morgan fingerprint density at radius 1 is 0.732 bits per heavy atom. The predicted molar refractivity (Wildman–Crippen MR) is 224 cm³/mol. The Balaban J connectivity index is 1.11. The molecule has 4 atom stereocenters. The van der Waals surface area contributed by atoms with Gasteiger partial charge in [0.25, 0.3) is 0 Å². The summed E-state index contributed by atoms with van der Waals surface area (Å²) in [5.74, 6) is -0.474. The smallest absolute Gasteiger partial charge is 0.323 e. The van der Waals surface area contributed by atoms with Crippen molar-refractivity contribution in [2.75, 3.05) is 26.3 Å². The van der Waals surface area contributed by atoms with E-state index < -0.39 is 11.5 Å². The van der Waals surface area contributed by atoms with Gasteiger partial charge in [0.2, 0.25) is 5.91 Å². The molecule has 3 heterocycles. The van der Waals surface area contributed by atoms with Gasteiger partial charge in [0.1, 0.15) is 11.6 Å². The molecule has 5 aromatic rings. The number of carbonyl (C=O) groups excluding carboxylic acids is 2. The molecule has 8 rings (SSSR count). The van der Waals surface area contributed by atoms with Gasteiger partial charge < -0.3 is 9.64 Å². The summed E-state index contributed by atoms with van der Waals surface area (Å²) in [7, 11) is 0. The molecule has 0 bridgehead atoms. The maximum Gasteiger partial charge on any atom is 0.323 e. The summed E-state index contributed by atoms with van der Waals surface area (Å²) < 4.78 is 5.93. The van der Waals surface area contributed by atoms with Gasteiger partial charge in [0, 0.05) is 44.4 Å². The molecule has 0 spiro atoms. The zero-order chi connectivity index (χ0) is 38.6. The summed E-state index contributed by atoms with van der Waals surface area (Å²) in [6.07, 6.45) is 2.51. The van der Waals surface area contributed by atoms with Crippen molar-refractivity contribution in [2.24, 2.45) is 0 Å². The molecular formula is C49H54N4O3. The third kappa shape index (κ3) is 8.51. The minimum absolute atomic E-state index is 0.0837. The predicted octanol–water partition coefficient (Wildman–Crippen LogP) is 8.36. The van der Waals surface area contributed by atoms with Crippen LogP contribution in [0.3, 0.4) is 0 Å². The number of hydrogen-bond donors (Lipinski definition) is 1. The first-order chi connectivity index (χ1) is 27.2. The van der Waals surface area contributed by atoms with E-state index in [9.17, 15) is 4.79 Å². The molecule has 1 N–H and O–H groups in total. The molecule has 7 nitrogen and oxygen atoms in total. The summed E-state index contributed by atoms with van der Waals surface area (Å²) in [4.78, 5) is 35.7. The van der Waals surface area contributed by atoms with E-state index in [-0.39, 0.29) is 36.0 Å². The number of amides is 1. The number of nitrogens with one attached hydrogen (secondary N) is 1. The summed E-state index contributed by atoms with van der Waals surface area (Å²) in [5, 5.41) is 3.84. The molecule has 3 aliphatic heterocycles. The fourth-order valence-electron chi connectivity index (χ4n) is 9.12. The van der Waals surface area contributed by atoms with Crippen LogP contribution in [0.1, 0.15) is 62.6 Å². The van der Waals surface area contributed by atoms with E-state index >= 15 is 4.79 Å². The quantitative estimate of drug-likeness (QED) is 0.145. The molecule has 56 heavy (non-hydrogen) atoms. The lowest BCUT2D eigenvalue weighted by molar-refractivity contribution is -0.160. The number of benzene rings is 5. The first-order valence-corrected chi connectivity index (χ1v) is 20.3. The Hall–Kier alpha value is -5.08. The van der Waals surface area contributed by atoms with Crippen LogP contribution in [-0.2, 0) is 20.9 Å². The van der Waals surface area contributed by atoms with Crippen molar-refractivity contribution < 1.29 is 14.3 Å². The summed E-state index contributed by atoms with van der Waals surface area (Å²) in [5.41, 5.74) is 7.51. The third-order valence-corrected chi connectivity index (χ3v) is 11.7. The number of fused-ring (bicyclic) bond motifs is 1. The van der Waals surface area contributed by atoms with Crippen molar-refractivity contribution in [2.45, 2.75) is 82.3 Å². The molecule has 0 aliphatic carbocycles. The lowest BCUT2D eigenvalue weighted by Crippen LogP contribution is -2.61. The van der Waals surface area contributed by atoms with Crippen molar-refractivity contribution in [1.82, 2.24) is 20.0 Å². The molecule has 0 aromatic heterocycles. The zero-order valence-corrected chi connectivity index (χ0v) is 32.9. The van der Waals surface area contributed by atoms with Gasteiger partial charge >= 0.3 is 5.97 Å². The third-order valence-electron chi connectivity index (χ3n) is 11.7. The maximum atomic E-state index is 15.2. The van der Waals surface area contributed by atoms with Crippen LogP contribution in [0.5, 0.6) is 0 Å². The molecule has 3 fully saturated rings. The topological polar surface area (TPSA) is 65.1 Å². The second-order valence-corrected chi connectivity index (χ2v) is 16.8. The highest BCUT2D eigenvalue weighted by molar-refractivity contribution is 5.88. The molecule has 0 radical (unpaired) electrons. The molecule has 7 heteroatoms. The van der Waals surface area contributed by atoms with E-state index in [4.69, 9.17) is 4.74 Å². The number of ether oxygens (including phenoxy) is 1. The highest BCUT2D eigenvalue weighted by atomic mass is 16.6. The summed E-state index contributed by atoms with van der Waals surface area (Å²) in [6, 6.07) is 48.5. The van der Waals surface area contributed by atoms with Crippen LogP contribution < -0.4 is 5.32 Å². The van der Waals surface area contributed by atoms with Gasteiger partial charge in [-0.1, -0.05) is 121 Å². The Bertz CT molecular complexity index is 1990. The highest BCUT2D eigenvalue weighted by Gasteiger charge is 2.47. The van der Waals surface area contributed by atoms with Gasteiger partial charge in [0.05, 0.1) is 5.92 Å². The van der Waals surface area contributed by atoms with Crippen LogP contribution >= 0.6 is 0 Å². The van der Waals surface area contributed by atoms with Gasteiger partial charge in [-0.05, 0) is 104 Å². The fourth-order valence-corrected chi connectivity index (χ4v) is 9.12. The lowest BCUT2D eigenvalue weighted by atomic mass is 9.86. The van der Waals surface area contributed by atoms with Gasteiger partial charge in [0.15, 0.2) is 0 Å². The van der Waals surface area contributed by atoms with Crippen molar-refractivity contribution in [3.05, 3.63) is 156 Å². The molecule has 3 unspecified atom stereocenters. The maximum absolute atomic E-state index is 15.2. The Labute approximate surface area is 332 Å². The van der Waals surface area contributed by atoms with Crippen molar-refractivity contribution in [1.29, 1.82) is 0 Å². The summed E-state index contributed by atoms with van der Waals surface area (Å²) >= 11 is 0. The Kier molecular flexibility index (Phi) is 11.2. The number of esters is 1. The molecular weight excluding hydrogens is 693 g/mol. The van der Waals surface area contributed by atoms with Crippen LogP contribution in [0.4, 0.5) is 0 Å². The highest BCUT2D eigenvalue weighted by Crippen LogP contribution is 2.36. The van der Waals surface area contributed by atoms with Gasteiger partial charge in [-0.3, -0.25) is 24.7 Å². The van der Waals surface area contributed by atoms with Crippen LogP contribution in [0.2, 0.25) is 0 Å². The Morgan fingerprint density at radius 2 is 1.29 bits per heavy atom. The van der Waals surface area contributed by atoms with Crippen molar-refractivity contribution >= 4 is 11.9 Å². The van der Waals surface area contributed by atoms with Crippen LogP contribution in [-0.4, -0.2) is 82.6 Å². The summed E-state index contributed by atoms with van der Waals surface area (Å²) in [6.45, 7) is 9.36. The second kappa shape index (κ2) is 16.6. The second-order valence-electron chi connectivity index (χ2n) is 16.8. The van der Waals surface area contributed by atoms with Crippen LogP contribution in [0.15, 0.2) is 140 Å². The molecule has 3 aliphatic rings. The number of likely N-dealkylation sites (tertiary alicyclic amines) is 2. The monoisotopic (exact) mass is 746 g/mol. The van der Waals surface area contributed by atoms with E-state index in [1.807, 2.05) is 57.2 Å². The van der Waals surface area contributed by atoms with Gasteiger partial charge in [-0.2, -0.15) is 0 Å². The standard InChI is InChI=1S/C49H54N4O3/c1-49(2,3)56-48(55)44-25-16-26-51(44)32-42-30-45-43(33-53(42)47(54)46(38-21-12-6-13-22-38)39-23-14-7-15-24-39)50-34-52(45)31-35-27-40(36-17-8-4-9-18-36)29-41(28-35)37-19-10-5-11-20-37/h4-15,17-24,27-29,42-46,50H,16,25-26,30-34H2,1-3H3/t42-,43?,44?,45?/m0/s1. The molecule has 0 saturated carbocycles. The van der Waals surface area contributed by atoms with E-state index in [0.29, 0.717) is 13.1 Å². The number of hydrogen-bond acceptors (Lipinski definition) is 6. The minimum Gasteiger partial charge on any atom is -0.459 e. The average Bonchev–Trinajstić information content (AvgIpc) is 3.85. The molecule has 1 amide bonds. The van der Waals surface area contributed by atoms with E-state index in [0.717, 1.165) is 50.1 Å². The number of piperidine rings is 1. The normalized spacial score (nSPS) is 21.6. The van der Waals surface area contributed by atoms with E-state index in [1.165, 1.54) is 27.8 Å². The minimum atomic E-state index is -0.557. The molecule has 3 saturated heterocycles. The number of nitrogens with zero attached hydrogens (tertiary/aromatic N) is 3. The van der Waals surface area contributed by atoms with Crippen molar-refractivity contribution in [3.63, 3.8) is 0 Å². The Morgan fingerprint density at radius 3 is 1.84 bits per heavy atom. The largest absolute Gasteiger partial charge is 0.459 e. The first kappa shape index (κ1) is 37.8. The number of carbonyl (C=O) groups is 2. The van der Waals surface area contributed by atoms with Crippen LogP contribution in [0, 0.1) is 0 Å². The van der Waals surface area contributed by atoms with Crippen LogP contribution in [0.25, 0.3) is 22.3 Å². The van der Waals surface area contributed by atoms with Gasteiger partial charge in [-0.25, -0.2) is 0 Å². The molecule has 5 aromatic carbocycles. The fraction of sp³-hybridized carbons (Fsp3) is 0.347.